The van der Waals surface area contributed by atoms with Crippen LogP contribution in [0.3, 0.4) is 0 Å². The lowest BCUT2D eigenvalue weighted by molar-refractivity contribution is -0.114. The number of benzene rings is 1. The summed E-state index contributed by atoms with van der Waals surface area (Å²) in [5.41, 5.74) is 6.21. The molecule has 2 amide bonds. The maximum absolute atomic E-state index is 13.8. The molecule has 2 fully saturated rings. The zero-order chi connectivity index (χ0) is 25.4. The molecule has 190 valence electrons. The SMILES string of the molecule is CC(=O)Nc1ccc(C)cc1C(=O)N1CCCC[C@H]1c1cc2nc(C3CCC[C@H](C)C3)c(C)cn2n1. The van der Waals surface area contributed by atoms with Crippen LogP contribution in [0.2, 0.25) is 0 Å². The number of piperidine rings is 1. The molecule has 2 aromatic heterocycles. The molecule has 0 bridgehead atoms. The highest BCUT2D eigenvalue weighted by molar-refractivity contribution is 6.03. The molecule has 0 radical (unpaired) electrons. The van der Waals surface area contributed by atoms with Crippen LogP contribution in [-0.4, -0.2) is 37.9 Å². The van der Waals surface area contributed by atoms with E-state index in [2.05, 4.69) is 31.4 Å². The Bertz CT molecular complexity index is 1300. The average molecular weight is 488 g/mol. The molecule has 7 nitrogen and oxygen atoms in total. The van der Waals surface area contributed by atoms with E-state index in [1.807, 2.05) is 34.5 Å². The molecule has 7 heteroatoms. The molecule has 3 aromatic rings. The van der Waals surface area contributed by atoms with Crippen molar-refractivity contribution >= 4 is 23.1 Å². The van der Waals surface area contributed by atoms with Crippen LogP contribution in [0, 0.1) is 19.8 Å². The molecule has 1 N–H and O–H groups in total. The molecule has 0 spiro atoms. The van der Waals surface area contributed by atoms with Gasteiger partial charge in [-0.1, -0.05) is 31.4 Å². The molecule has 1 unspecified atom stereocenters. The Hall–Kier alpha value is -3.22. The van der Waals surface area contributed by atoms with Gasteiger partial charge >= 0.3 is 0 Å². The fourth-order valence-corrected chi connectivity index (χ4v) is 6.07. The van der Waals surface area contributed by atoms with Crippen LogP contribution in [0.15, 0.2) is 30.5 Å². The Morgan fingerprint density at radius 2 is 1.89 bits per heavy atom. The molecule has 3 heterocycles. The maximum atomic E-state index is 13.8. The largest absolute Gasteiger partial charge is 0.330 e. The normalized spacial score (nSPS) is 22.6. The van der Waals surface area contributed by atoms with E-state index < -0.39 is 0 Å². The molecule has 3 atom stereocenters. The molecule has 2 aliphatic rings. The lowest BCUT2D eigenvalue weighted by Crippen LogP contribution is -2.39. The Balaban J connectivity index is 1.47. The van der Waals surface area contributed by atoms with Gasteiger partial charge in [0.1, 0.15) is 0 Å². The van der Waals surface area contributed by atoms with Gasteiger partial charge in [0, 0.05) is 31.6 Å². The van der Waals surface area contributed by atoms with E-state index in [4.69, 9.17) is 10.1 Å². The topological polar surface area (TPSA) is 79.6 Å². The Labute approximate surface area is 213 Å². The number of anilines is 1. The number of carbonyl (C=O) groups excluding carboxylic acids is 2. The zero-order valence-electron chi connectivity index (χ0n) is 21.9. The van der Waals surface area contributed by atoms with Crippen molar-refractivity contribution in [1.29, 1.82) is 0 Å². The predicted molar refractivity (Wildman–Crippen MR) is 141 cm³/mol. The number of amides is 2. The Morgan fingerprint density at radius 3 is 2.67 bits per heavy atom. The van der Waals surface area contributed by atoms with Crippen molar-refractivity contribution in [3.8, 4) is 0 Å². The third-order valence-corrected chi connectivity index (χ3v) is 7.83. The second-order valence-corrected chi connectivity index (χ2v) is 10.9. The summed E-state index contributed by atoms with van der Waals surface area (Å²) in [6, 6.07) is 7.55. The van der Waals surface area contributed by atoms with Crippen LogP contribution in [0.4, 0.5) is 5.69 Å². The van der Waals surface area contributed by atoms with Crippen molar-refractivity contribution < 1.29 is 9.59 Å². The van der Waals surface area contributed by atoms with Crippen LogP contribution >= 0.6 is 0 Å². The number of fused-ring (bicyclic) bond motifs is 1. The van der Waals surface area contributed by atoms with E-state index in [9.17, 15) is 9.59 Å². The van der Waals surface area contributed by atoms with Crippen LogP contribution in [-0.2, 0) is 4.79 Å². The number of aryl methyl sites for hydroxylation is 2. The van der Waals surface area contributed by atoms with Gasteiger partial charge in [0.25, 0.3) is 5.91 Å². The standard InChI is InChI=1S/C29H37N5O2/c1-18-8-7-9-22(14-18)28-20(3)17-34-27(31-28)16-25(32-34)26-10-5-6-13-33(26)29(36)23-15-19(2)11-12-24(23)30-21(4)35/h11-12,15-18,22,26H,5-10,13-14H2,1-4H3,(H,30,35)/t18-,22?,26-/m0/s1. The number of nitrogens with zero attached hydrogens (tertiary/aromatic N) is 4. The lowest BCUT2D eigenvalue weighted by Gasteiger charge is -2.35. The highest BCUT2D eigenvalue weighted by Gasteiger charge is 2.32. The first kappa shape index (κ1) is 24.5. The number of hydrogen-bond donors (Lipinski definition) is 1. The summed E-state index contributed by atoms with van der Waals surface area (Å²) in [5, 5.41) is 7.73. The fourth-order valence-electron chi connectivity index (χ4n) is 6.07. The summed E-state index contributed by atoms with van der Waals surface area (Å²) < 4.78 is 1.88. The lowest BCUT2D eigenvalue weighted by atomic mass is 9.80. The van der Waals surface area contributed by atoms with Crippen molar-refractivity contribution in [2.24, 2.45) is 5.92 Å². The molecule has 5 rings (SSSR count). The van der Waals surface area contributed by atoms with Crippen LogP contribution in [0.25, 0.3) is 5.65 Å². The molecular weight excluding hydrogens is 450 g/mol. The summed E-state index contributed by atoms with van der Waals surface area (Å²) in [6.07, 6.45) is 9.95. The third kappa shape index (κ3) is 4.88. The van der Waals surface area contributed by atoms with Gasteiger partial charge in [0.2, 0.25) is 5.91 Å². The number of likely N-dealkylation sites (tertiary alicyclic amines) is 1. The van der Waals surface area contributed by atoms with E-state index in [0.29, 0.717) is 23.7 Å². The molecule has 1 aliphatic carbocycles. The Kier molecular flexibility index (Phi) is 6.82. The fraction of sp³-hybridized carbons (Fsp3) is 0.517. The van der Waals surface area contributed by atoms with Gasteiger partial charge in [-0.05, 0) is 69.6 Å². The number of nitrogens with one attached hydrogen (secondary N) is 1. The van der Waals surface area contributed by atoms with E-state index in [-0.39, 0.29) is 17.9 Å². The van der Waals surface area contributed by atoms with E-state index in [0.717, 1.165) is 42.1 Å². The van der Waals surface area contributed by atoms with Gasteiger partial charge in [-0.3, -0.25) is 9.59 Å². The summed E-state index contributed by atoms with van der Waals surface area (Å²) >= 11 is 0. The molecular formula is C29H37N5O2. The van der Waals surface area contributed by atoms with E-state index in [1.165, 1.54) is 43.9 Å². The minimum Gasteiger partial charge on any atom is -0.330 e. The van der Waals surface area contributed by atoms with Gasteiger partial charge in [-0.2, -0.15) is 5.10 Å². The predicted octanol–water partition coefficient (Wildman–Crippen LogP) is 5.97. The maximum Gasteiger partial charge on any atom is 0.256 e. The van der Waals surface area contributed by atoms with E-state index >= 15 is 0 Å². The number of hydrogen-bond acceptors (Lipinski definition) is 4. The van der Waals surface area contributed by atoms with Gasteiger partial charge in [0.15, 0.2) is 5.65 Å². The summed E-state index contributed by atoms with van der Waals surface area (Å²) in [5.74, 6) is 1.00. The highest BCUT2D eigenvalue weighted by Crippen LogP contribution is 2.37. The second-order valence-electron chi connectivity index (χ2n) is 10.9. The summed E-state index contributed by atoms with van der Waals surface area (Å²) in [7, 11) is 0. The van der Waals surface area contributed by atoms with E-state index in [1.54, 1.807) is 0 Å². The zero-order valence-corrected chi connectivity index (χ0v) is 21.9. The first-order chi connectivity index (χ1) is 17.3. The molecule has 1 saturated carbocycles. The minimum absolute atomic E-state index is 0.0646. The third-order valence-electron chi connectivity index (χ3n) is 7.83. The van der Waals surface area contributed by atoms with Gasteiger partial charge in [-0.25, -0.2) is 9.50 Å². The first-order valence-corrected chi connectivity index (χ1v) is 13.4. The quantitative estimate of drug-likeness (QED) is 0.492. The van der Waals surface area contributed by atoms with Crippen molar-refractivity contribution in [2.75, 3.05) is 11.9 Å². The molecule has 1 aliphatic heterocycles. The molecule has 1 saturated heterocycles. The molecule has 36 heavy (non-hydrogen) atoms. The van der Waals surface area contributed by atoms with Crippen LogP contribution < -0.4 is 5.32 Å². The van der Waals surface area contributed by atoms with Crippen LogP contribution in [0.5, 0.6) is 0 Å². The smallest absolute Gasteiger partial charge is 0.256 e. The van der Waals surface area contributed by atoms with Crippen molar-refractivity contribution in [3.05, 3.63) is 58.5 Å². The van der Waals surface area contributed by atoms with Gasteiger partial charge < -0.3 is 10.2 Å². The van der Waals surface area contributed by atoms with Gasteiger partial charge in [-0.15, -0.1) is 0 Å². The van der Waals surface area contributed by atoms with Crippen molar-refractivity contribution in [1.82, 2.24) is 19.5 Å². The minimum atomic E-state index is -0.187. The number of carbonyl (C=O) groups is 2. The number of aromatic nitrogens is 3. The van der Waals surface area contributed by atoms with Crippen LogP contribution in [0.1, 0.15) is 104 Å². The number of rotatable bonds is 4. The Morgan fingerprint density at radius 1 is 1.06 bits per heavy atom. The van der Waals surface area contributed by atoms with Gasteiger partial charge in [0.05, 0.1) is 28.7 Å². The van der Waals surface area contributed by atoms with Crippen molar-refractivity contribution in [2.45, 2.75) is 84.6 Å². The monoisotopic (exact) mass is 487 g/mol. The summed E-state index contributed by atoms with van der Waals surface area (Å²) in [6.45, 7) is 8.58. The summed E-state index contributed by atoms with van der Waals surface area (Å²) in [4.78, 5) is 32.6. The first-order valence-electron chi connectivity index (χ1n) is 13.4. The average Bonchev–Trinajstić information content (AvgIpc) is 3.26. The molecule has 1 aromatic carbocycles. The highest BCUT2D eigenvalue weighted by atomic mass is 16.2. The van der Waals surface area contributed by atoms with Crippen molar-refractivity contribution in [3.63, 3.8) is 0 Å². The second kappa shape index (κ2) is 10.0.